The maximum absolute atomic E-state index is 12.3. The molecule has 1 fully saturated rings. The summed E-state index contributed by atoms with van der Waals surface area (Å²) in [4.78, 5) is 34.5. The molecule has 0 radical (unpaired) electrons. The van der Waals surface area contributed by atoms with Crippen molar-refractivity contribution in [3.63, 3.8) is 0 Å². The Morgan fingerprint density at radius 2 is 1.85 bits per heavy atom. The average molecular weight is 285 g/mol. The molecule has 0 saturated heterocycles. The van der Waals surface area contributed by atoms with E-state index in [2.05, 4.69) is 10.1 Å². The number of carboxylic acid groups (broad SMARTS) is 1. The molecule has 0 bridgehead atoms. The van der Waals surface area contributed by atoms with Crippen molar-refractivity contribution in [3.8, 4) is 0 Å². The number of hydrogen-bond donors (Lipinski definition) is 2. The fourth-order valence-corrected chi connectivity index (χ4v) is 2.51. The van der Waals surface area contributed by atoms with E-state index in [1.54, 1.807) is 0 Å². The third-order valence-electron chi connectivity index (χ3n) is 3.97. The topological polar surface area (TPSA) is 92.7 Å². The van der Waals surface area contributed by atoms with Crippen molar-refractivity contribution < 1.29 is 24.2 Å². The summed E-state index contributed by atoms with van der Waals surface area (Å²) in [5.74, 6) is -1.83. The van der Waals surface area contributed by atoms with Gasteiger partial charge in [0.15, 0.2) is 0 Å². The second-order valence-corrected chi connectivity index (χ2v) is 5.60. The molecule has 0 aliphatic heterocycles. The smallest absolute Gasteiger partial charge is 0.326 e. The second kappa shape index (κ2) is 7.26. The summed E-state index contributed by atoms with van der Waals surface area (Å²) >= 11 is 0. The number of carbonyl (C=O) groups excluding carboxylic acids is 2. The fraction of sp³-hybridized carbons (Fsp3) is 0.786. The molecule has 2 N–H and O–H groups in total. The van der Waals surface area contributed by atoms with Gasteiger partial charge in [0.1, 0.15) is 6.04 Å². The summed E-state index contributed by atoms with van der Waals surface area (Å²) < 4.78 is 4.48. The van der Waals surface area contributed by atoms with E-state index in [0.717, 1.165) is 32.1 Å². The van der Waals surface area contributed by atoms with Crippen LogP contribution in [0, 0.1) is 5.41 Å². The highest BCUT2D eigenvalue weighted by Gasteiger charge is 2.36. The monoisotopic (exact) mass is 285 g/mol. The predicted octanol–water partition coefficient (Wildman–Crippen LogP) is 1.48. The number of esters is 1. The minimum Gasteiger partial charge on any atom is -0.480 e. The first kappa shape index (κ1) is 16.5. The van der Waals surface area contributed by atoms with Gasteiger partial charge < -0.3 is 15.2 Å². The molecule has 1 amide bonds. The lowest BCUT2D eigenvalue weighted by molar-refractivity contribution is -0.146. The first-order chi connectivity index (χ1) is 9.39. The molecule has 1 aliphatic rings. The Balaban J connectivity index is 2.58. The minimum absolute atomic E-state index is 0.0234. The van der Waals surface area contributed by atoms with Crippen molar-refractivity contribution in [1.29, 1.82) is 0 Å². The van der Waals surface area contributed by atoms with E-state index in [4.69, 9.17) is 5.11 Å². The van der Waals surface area contributed by atoms with Crippen LogP contribution in [0.1, 0.15) is 51.9 Å². The zero-order chi connectivity index (χ0) is 15.2. The van der Waals surface area contributed by atoms with Gasteiger partial charge in [0, 0.05) is 11.8 Å². The van der Waals surface area contributed by atoms with E-state index >= 15 is 0 Å². The minimum atomic E-state index is -1.12. The molecule has 1 atom stereocenters. The van der Waals surface area contributed by atoms with Crippen molar-refractivity contribution in [2.75, 3.05) is 7.11 Å². The third kappa shape index (κ3) is 4.51. The first-order valence-electron chi connectivity index (χ1n) is 6.99. The number of carboxylic acids is 1. The van der Waals surface area contributed by atoms with E-state index in [0.29, 0.717) is 0 Å². The van der Waals surface area contributed by atoms with Crippen molar-refractivity contribution >= 4 is 17.8 Å². The van der Waals surface area contributed by atoms with Crippen molar-refractivity contribution in [3.05, 3.63) is 0 Å². The molecule has 114 valence electrons. The van der Waals surface area contributed by atoms with Gasteiger partial charge in [-0.15, -0.1) is 0 Å². The van der Waals surface area contributed by atoms with E-state index in [-0.39, 0.29) is 18.7 Å². The van der Waals surface area contributed by atoms with Gasteiger partial charge in [-0.05, 0) is 19.3 Å². The van der Waals surface area contributed by atoms with Gasteiger partial charge >= 0.3 is 11.9 Å². The fourth-order valence-electron chi connectivity index (χ4n) is 2.51. The van der Waals surface area contributed by atoms with Crippen LogP contribution in [0.25, 0.3) is 0 Å². The Morgan fingerprint density at radius 1 is 1.25 bits per heavy atom. The van der Waals surface area contributed by atoms with Gasteiger partial charge in [-0.25, -0.2) is 4.79 Å². The number of carbonyl (C=O) groups is 3. The highest BCUT2D eigenvalue weighted by atomic mass is 16.5. The number of rotatable bonds is 6. The van der Waals surface area contributed by atoms with Gasteiger partial charge in [-0.1, -0.05) is 26.2 Å². The summed E-state index contributed by atoms with van der Waals surface area (Å²) in [6.45, 7) is 1.88. The number of amides is 1. The van der Waals surface area contributed by atoms with Crippen LogP contribution in [0.5, 0.6) is 0 Å². The van der Waals surface area contributed by atoms with Gasteiger partial charge in [-0.3, -0.25) is 9.59 Å². The lowest BCUT2D eigenvalue weighted by atomic mass is 9.75. The Hall–Kier alpha value is -1.59. The van der Waals surface area contributed by atoms with E-state index in [1.165, 1.54) is 7.11 Å². The average Bonchev–Trinajstić information content (AvgIpc) is 2.43. The molecule has 0 aromatic carbocycles. The molecular weight excluding hydrogens is 262 g/mol. The number of hydrogen-bond acceptors (Lipinski definition) is 4. The van der Waals surface area contributed by atoms with Gasteiger partial charge in [0.2, 0.25) is 5.91 Å². The van der Waals surface area contributed by atoms with Crippen LogP contribution in [-0.4, -0.2) is 36.1 Å². The van der Waals surface area contributed by atoms with Crippen molar-refractivity contribution in [1.82, 2.24) is 5.32 Å². The van der Waals surface area contributed by atoms with Crippen molar-refractivity contribution in [2.45, 2.75) is 57.9 Å². The lowest BCUT2D eigenvalue weighted by Gasteiger charge is -2.33. The van der Waals surface area contributed by atoms with Crippen LogP contribution in [-0.2, 0) is 19.1 Å². The Kier molecular flexibility index (Phi) is 5.98. The molecule has 0 aromatic rings. The van der Waals surface area contributed by atoms with E-state index < -0.39 is 23.4 Å². The molecule has 1 unspecified atom stereocenters. The molecule has 20 heavy (non-hydrogen) atoms. The zero-order valence-electron chi connectivity index (χ0n) is 12.1. The largest absolute Gasteiger partial charge is 0.480 e. The Bertz CT molecular complexity index is 374. The molecule has 0 aromatic heterocycles. The zero-order valence-corrected chi connectivity index (χ0v) is 12.1. The SMILES string of the molecule is COC(=O)CCC(NC(=O)C1(C)CCCCC1)C(=O)O. The summed E-state index contributed by atoms with van der Waals surface area (Å²) in [5.41, 5.74) is -0.489. The van der Waals surface area contributed by atoms with Gasteiger partial charge in [0.25, 0.3) is 0 Å². The van der Waals surface area contributed by atoms with Crippen LogP contribution < -0.4 is 5.32 Å². The van der Waals surface area contributed by atoms with Gasteiger partial charge in [0.05, 0.1) is 7.11 Å². The summed E-state index contributed by atoms with van der Waals surface area (Å²) in [7, 11) is 1.25. The third-order valence-corrected chi connectivity index (χ3v) is 3.97. The number of ether oxygens (including phenoxy) is 1. The normalized spacial score (nSPS) is 18.9. The molecule has 0 spiro atoms. The molecule has 1 saturated carbocycles. The summed E-state index contributed by atoms with van der Waals surface area (Å²) in [6.07, 6.45) is 4.68. The predicted molar refractivity (Wildman–Crippen MR) is 72.0 cm³/mol. The van der Waals surface area contributed by atoms with Crippen LogP contribution in [0.15, 0.2) is 0 Å². The number of aliphatic carboxylic acids is 1. The molecule has 6 nitrogen and oxygen atoms in total. The van der Waals surface area contributed by atoms with Crippen LogP contribution >= 0.6 is 0 Å². The summed E-state index contributed by atoms with van der Waals surface area (Å²) in [6, 6.07) is -1.04. The molecule has 1 rings (SSSR count). The van der Waals surface area contributed by atoms with E-state index in [9.17, 15) is 14.4 Å². The molecule has 0 heterocycles. The second-order valence-electron chi connectivity index (χ2n) is 5.60. The maximum atomic E-state index is 12.3. The quantitative estimate of drug-likeness (QED) is 0.721. The highest BCUT2D eigenvalue weighted by molar-refractivity contribution is 5.87. The van der Waals surface area contributed by atoms with Crippen LogP contribution in [0.4, 0.5) is 0 Å². The van der Waals surface area contributed by atoms with Crippen LogP contribution in [0.3, 0.4) is 0 Å². The molecular formula is C14H23NO5. The number of nitrogens with one attached hydrogen (secondary N) is 1. The highest BCUT2D eigenvalue weighted by Crippen LogP contribution is 2.35. The lowest BCUT2D eigenvalue weighted by Crippen LogP contribution is -2.48. The molecule has 1 aliphatic carbocycles. The summed E-state index contributed by atoms with van der Waals surface area (Å²) in [5, 5.41) is 11.7. The first-order valence-corrected chi connectivity index (χ1v) is 6.99. The molecule has 6 heteroatoms. The standard InChI is InChI=1S/C14H23NO5/c1-14(8-4-3-5-9-14)13(19)15-10(12(17)18)6-7-11(16)20-2/h10H,3-9H2,1-2H3,(H,15,19)(H,17,18). The van der Waals surface area contributed by atoms with Crippen molar-refractivity contribution in [2.24, 2.45) is 5.41 Å². The van der Waals surface area contributed by atoms with Gasteiger partial charge in [-0.2, -0.15) is 0 Å². The Labute approximate surface area is 118 Å². The number of methoxy groups -OCH3 is 1. The van der Waals surface area contributed by atoms with Crippen LogP contribution in [0.2, 0.25) is 0 Å². The van der Waals surface area contributed by atoms with E-state index in [1.807, 2.05) is 6.92 Å². The maximum Gasteiger partial charge on any atom is 0.326 e. The Morgan fingerprint density at radius 3 is 2.35 bits per heavy atom.